The summed E-state index contributed by atoms with van der Waals surface area (Å²) < 4.78 is 12.8. The highest BCUT2D eigenvalue weighted by molar-refractivity contribution is 7.80. The Labute approximate surface area is 123 Å². The molecule has 0 aliphatic heterocycles. The van der Waals surface area contributed by atoms with E-state index in [2.05, 4.69) is 10.2 Å². The molecular formula is C14H18FN3OS. The number of hydrogen-bond donors (Lipinski definition) is 2. The number of nitrogens with one attached hydrogen (secondary N) is 1. The second-order valence-electron chi connectivity index (χ2n) is 4.97. The predicted molar refractivity (Wildman–Crippen MR) is 81.0 cm³/mol. The fraction of sp³-hybridized carbons (Fsp3) is 0.429. The molecule has 108 valence electrons. The monoisotopic (exact) mass is 295 g/mol. The molecule has 0 bridgehead atoms. The van der Waals surface area contributed by atoms with Crippen molar-refractivity contribution in [3.63, 3.8) is 0 Å². The lowest BCUT2D eigenvalue weighted by Crippen LogP contribution is -2.36. The largest absolute Gasteiger partial charge is 0.393 e. The van der Waals surface area contributed by atoms with Gasteiger partial charge in [0.25, 0.3) is 0 Å². The van der Waals surface area contributed by atoms with Crippen LogP contribution in [-0.2, 0) is 4.79 Å². The van der Waals surface area contributed by atoms with E-state index in [0.717, 1.165) is 12.8 Å². The molecule has 0 atom stereocenters. The zero-order valence-electron chi connectivity index (χ0n) is 11.1. The van der Waals surface area contributed by atoms with Gasteiger partial charge in [0, 0.05) is 24.7 Å². The van der Waals surface area contributed by atoms with E-state index < -0.39 is 0 Å². The van der Waals surface area contributed by atoms with Crippen LogP contribution >= 0.6 is 12.2 Å². The van der Waals surface area contributed by atoms with Gasteiger partial charge in [0.1, 0.15) is 5.82 Å². The maximum Gasteiger partial charge on any atom is 0.238 e. The van der Waals surface area contributed by atoms with Crippen LogP contribution in [0, 0.1) is 5.82 Å². The van der Waals surface area contributed by atoms with Crippen LogP contribution in [0.4, 0.5) is 10.1 Å². The number of hydrogen-bond acceptors (Lipinski definition) is 3. The van der Waals surface area contributed by atoms with E-state index in [0.29, 0.717) is 36.2 Å². The number of benzene rings is 1. The molecule has 0 spiro atoms. The molecule has 0 heterocycles. The van der Waals surface area contributed by atoms with E-state index in [1.54, 1.807) is 12.1 Å². The number of carbonyl (C=O) groups excluding carboxylic acids is 1. The lowest BCUT2D eigenvalue weighted by atomic mass is 10.3. The molecule has 1 amide bonds. The van der Waals surface area contributed by atoms with Gasteiger partial charge >= 0.3 is 0 Å². The predicted octanol–water partition coefficient (Wildman–Crippen LogP) is 1.90. The van der Waals surface area contributed by atoms with Crippen LogP contribution in [0.3, 0.4) is 0 Å². The van der Waals surface area contributed by atoms with Crippen LogP contribution in [0.25, 0.3) is 0 Å². The van der Waals surface area contributed by atoms with Gasteiger partial charge in [0.15, 0.2) is 0 Å². The molecule has 0 radical (unpaired) electrons. The smallest absolute Gasteiger partial charge is 0.238 e. The topological polar surface area (TPSA) is 58.4 Å². The number of carbonyl (C=O) groups is 1. The quantitative estimate of drug-likeness (QED) is 0.754. The van der Waals surface area contributed by atoms with Crippen LogP contribution in [0.1, 0.15) is 19.3 Å². The van der Waals surface area contributed by atoms with Crippen molar-refractivity contribution in [2.75, 3.05) is 18.4 Å². The van der Waals surface area contributed by atoms with E-state index >= 15 is 0 Å². The Morgan fingerprint density at radius 1 is 1.40 bits per heavy atom. The van der Waals surface area contributed by atoms with Crippen molar-refractivity contribution in [3.8, 4) is 0 Å². The van der Waals surface area contributed by atoms with Crippen molar-refractivity contribution in [2.24, 2.45) is 5.73 Å². The molecule has 2 rings (SSSR count). The lowest BCUT2D eigenvalue weighted by Gasteiger charge is -2.21. The average Bonchev–Trinajstić information content (AvgIpc) is 3.21. The third-order valence-corrected chi connectivity index (χ3v) is 3.39. The van der Waals surface area contributed by atoms with Gasteiger partial charge < -0.3 is 11.1 Å². The minimum atomic E-state index is -0.320. The maximum atomic E-state index is 12.8. The summed E-state index contributed by atoms with van der Waals surface area (Å²) in [5, 5.41) is 2.76. The maximum absolute atomic E-state index is 12.8. The Hall–Kier alpha value is -1.53. The van der Waals surface area contributed by atoms with Crippen LogP contribution in [0.15, 0.2) is 24.3 Å². The second-order valence-corrected chi connectivity index (χ2v) is 5.50. The van der Waals surface area contributed by atoms with Crippen molar-refractivity contribution in [1.29, 1.82) is 0 Å². The Balaban J connectivity index is 1.84. The van der Waals surface area contributed by atoms with Gasteiger partial charge in [-0.25, -0.2) is 4.39 Å². The summed E-state index contributed by atoms with van der Waals surface area (Å²) in [6.07, 6.45) is 2.85. The van der Waals surface area contributed by atoms with Gasteiger partial charge in [-0.3, -0.25) is 9.69 Å². The zero-order chi connectivity index (χ0) is 14.5. The average molecular weight is 295 g/mol. The van der Waals surface area contributed by atoms with Gasteiger partial charge in [0.05, 0.1) is 11.5 Å². The van der Waals surface area contributed by atoms with Gasteiger partial charge in [-0.1, -0.05) is 12.2 Å². The van der Waals surface area contributed by atoms with Crippen molar-refractivity contribution < 1.29 is 9.18 Å². The fourth-order valence-corrected chi connectivity index (χ4v) is 2.09. The first-order valence-corrected chi connectivity index (χ1v) is 7.03. The first-order chi connectivity index (χ1) is 9.54. The van der Waals surface area contributed by atoms with E-state index in [1.165, 1.54) is 12.1 Å². The summed E-state index contributed by atoms with van der Waals surface area (Å²) in [5.41, 5.74) is 6.10. The number of anilines is 1. The number of halogens is 1. The number of thiocarbonyl (C=S) groups is 1. The van der Waals surface area contributed by atoms with Crippen LogP contribution in [0.5, 0.6) is 0 Å². The molecule has 0 aromatic heterocycles. The van der Waals surface area contributed by atoms with E-state index in [1.807, 2.05) is 0 Å². The molecular weight excluding hydrogens is 277 g/mol. The summed E-state index contributed by atoms with van der Waals surface area (Å²) >= 11 is 4.87. The first-order valence-electron chi connectivity index (χ1n) is 6.62. The van der Waals surface area contributed by atoms with E-state index in [9.17, 15) is 9.18 Å². The number of rotatable bonds is 7. The molecule has 20 heavy (non-hydrogen) atoms. The van der Waals surface area contributed by atoms with E-state index in [4.69, 9.17) is 18.0 Å². The molecule has 0 unspecified atom stereocenters. The number of amides is 1. The Kier molecular flexibility index (Phi) is 5.03. The van der Waals surface area contributed by atoms with Crippen molar-refractivity contribution in [2.45, 2.75) is 25.3 Å². The molecule has 1 fully saturated rings. The highest BCUT2D eigenvalue weighted by atomic mass is 32.1. The summed E-state index contributed by atoms with van der Waals surface area (Å²) in [6, 6.07) is 6.19. The normalized spacial score (nSPS) is 14.3. The molecule has 1 aromatic carbocycles. The highest BCUT2D eigenvalue weighted by Gasteiger charge is 2.29. The van der Waals surface area contributed by atoms with Gasteiger partial charge in [-0.15, -0.1) is 0 Å². The molecule has 4 nitrogen and oxygen atoms in total. The van der Waals surface area contributed by atoms with E-state index in [-0.39, 0.29) is 11.7 Å². The number of nitrogens with zero attached hydrogens (tertiary/aromatic N) is 1. The molecule has 6 heteroatoms. The van der Waals surface area contributed by atoms with Crippen molar-refractivity contribution in [3.05, 3.63) is 30.1 Å². The minimum absolute atomic E-state index is 0.105. The van der Waals surface area contributed by atoms with Crippen LogP contribution < -0.4 is 11.1 Å². The first kappa shape index (κ1) is 14.9. The Morgan fingerprint density at radius 2 is 2.05 bits per heavy atom. The van der Waals surface area contributed by atoms with Gasteiger partial charge in [0.2, 0.25) is 5.91 Å². The standard InChI is InChI=1S/C14H18FN3OS/c15-10-1-3-11(4-2-10)17-14(19)9-18(12-5-6-12)8-7-13(16)20/h1-4,12H,5-9H2,(H2,16,20)(H,17,19). The minimum Gasteiger partial charge on any atom is -0.393 e. The summed E-state index contributed by atoms with van der Waals surface area (Å²) in [5.74, 6) is -0.425. The molecule has 1 aliphatic carbocycles. The summed E-state index contributed by atoms with van der Waals surface area (Å²) in [4.78, 5) is 14.5. The third kappa shape index (κ3) is 4.86. The summed E-state index contributed by atoms with van der Waals surface area (Å²) in [7, 11) is 0. The Bertz CT molecular complexity index is 488. The molecule has 3 N–H and O–H groups in total. The third-order valence-electron chi connectivity index (χ3n) is 3.18. The summed E-state index contributed by atoms with van der Waals surface area (Å²) in [6.45, 7) is 1.02. The lowest BCUT2D eigenvalue weighted by molar-refractivity contribution is -0.117. The number of nitrogens with two attached hydrogens (primary N) is 1. The fourth-order valence-electron chi connectivity index (χ4n) is 2.00. The van der Waals surface area contributed by atoms with Crippen LogP contribution in [-0.4, -0.2) is 34.9 Å². The SMILES string of the molecule is NC(=S)CCN(CC(=O)Nc1ccc(F)cc1)C1CC1. The Morgan fingerprint density at radius 3 is 2.60 bits per heavy atom. The molecule has 0 saturated heterocycles. The van der Waals surface area contributed by atoms with Crippen LogP contribution in [0.2, 0.25) is 0 Å². The molecule has 1 aromatic rings. The molecule has 1 saturated carbocycles. The van der Waals surface area contributed by atoms with Crippen molar-refractivity contribution >= 4 is 28.8 Å². The second kappa shape index (κ2) is 6.76. The van der Waals surface area contributed by atoms with Crippen molar-refractivity contribution in [1.82, 2.24) is 4.90 Å². The van der Waals surface area contributed by atoms with Gasteiger partial charge in [-0.05, 0) is 37.1 Å². The zero-order valence-corrected chi connectivity index (χ0v) is 12.0. The van der Waals surface area contributed by atoms with Gasteiger partial charge in [-0.2, -0.15) is 0 Å². The molecule has 1 aliphatic rings. The highest BCUT2D eigenvalue weighted by Crippen LogP contribution is 2.26.